The highest BCUT2D eigenvalue weighted by Gasteiger charge is 2.18. The molecule has 2 fully saturated rings. The monoisotopic (exact) mass is 368 g/mol. The van der Waals surface area contributed by atoms with Crippen molar-refractivity contribution in [2.45, 2.75) is 62.3 Å². The quantitative estimate of drug-likeness (QED) is 0.544. The van der Waals surface area contributed by atoms with E-state index in [4.69, 9.17) is 9.47 Å². The number of rotatable bonds is 4. The van der Waals surface area contributed by atoms with Crippen molar-refractivity contribution < 1.29 is 14.3 Å². The number of carbonyl (C=O) groups is 1. The van der Waals surface area contributed by atoms with E-state index in [0.717, 1.165) is 24.0 Å². The SMILES string of the molecule is BrC1CCCC1.COc1ccc(C=O)cc1OC1CCCC1. The fourth-order valence-electron chi connectivity index (χ4n) is 2.92. The molecule has 22 heavy (non-hydrogen) atoms. The van der Waals surface area contributed by atoms with Crippen LogP contribution in [0.1, 0.15) is 61.7 Å². The Morgan fingerprint density at radius 3 is 2.18 bits per heavy atom. The van der Waals surface area contributed by atoms with Gasteiger partial charge in [0.25, 0.3) is 0 Å². The lowest BCUT2D eigenvalue weighted by molar-refractivity contribution is 0.112. The van der Waals surface area contributed by atoms with Gasteiger partial charge < -0.3 is 9.47 Å². The Kier molecular flexibility index (Phi) is 7.23. The summed E-state index contributed by atoms with van der Waals surface area (Å²) in [5.74, 6) is 1.37. The van der Waals surface area contributed by atoms with Gasteiger partial charge >= 0.3 is 0 Å². The molecule has 0 aliphatic heterocycles. The number of benzene rings is 1. The molecular weight excluding hydrogens is 344 g/mol. The van der Waals surface area contributed by atoms with E-state index >= 15 is 0 Å². The van der Waals surface area contributed by atoms with Gasteiger partial charge in [0.15, 0.2) is 11.5 Å². The third-order valence-corrected chi connectivity index (χ3v) is 5.12. The maximum Gasteiger partial charge on any atom is 0.162 e. The molecular formula is C18H25BrO3. The van der Waals surface area contributed by atoms with Crippen molar-refractivity contribution >= 4 is 22.2 Å². The Hall–Kier alpha value is -1.03. The van der Waals surface area contributed by atoms with Crippen LogP contribution in [0.4, 0.5) is 0 Å². The Labute approximate surface area is 141 Å². The zero-order chi connectivity index (χ0) is 15.8. The van der Waals surface area contributed by atoms with Crippen LogP contribution in [0.2, 0.25) is 0 Å². The van der Waals surface area contributed by atoms with Gasteiger partial charge in [-0.1, -0.05) is 28.8 Å². The lowest BCUT2D eigenvalue weighted by atomic mass is 10.2. The van der Waals surface area contributed by atoms with Crippen LogP contribution in [0.25, 0.3) is 0 Å². The highest BCUT2D eigenvalue weighted by atomic mass is 79.9. The Morgan fingerprint density at radius 2 is 1.68 bits per heavy atom. The summed E-state index contributed by atoms with van der Waals surface area (Å²) in [4.78, 5) is 11.6. The van der Waals surface area contributed by atoms with E-state index in [2.05, 4.69) is 15.9 Å². The highest BCUT2D eigenvalue weighted by molar-refractivity contribution is 9.09. The average molecular weight is 369 g/mol. The van der Waals surface area contributed by atoms with Crippen LogP contribution in [0, 0.1) is 0 Å². The third kappa shape index (κ3) is 5.31. The summed E-state index contributed by atoms with van der Waals surface area (Å²) < 4.78 is 11.1. The van der Waals surface area contributed by atoms with Crippen molar-refractivity contribution in [2.24, 2.45) is 0 Å². The summed E-state index contributed by atoms with van der Waals surface area (Å²) in [6.07, 6.45) is 11.4. The van der Waals surface area contributed by atoms with E-state index in [1.54, 1.807) is 25.3 Å². The number of carbonyl (C=O) groups excluding carboxylic acids is 1. The molecule has 3 rings (SSSR count). The minimum absolute atomic E-state index is 0.274. The Morgan fingerprint density at radius 1 is 1.05 bits per heavy atom. The average Bonchev–Trinajstić information content (AvgIpc) is 3.21. The van der Waals surface area contributed by atoms with Crippen LogP contribution >= 0.6 is 15.9 Å². The van der Waals surface area contributed by atoms with Crippen molar-refractivity contribution in [3.63, 3.8) is 0 Å². The van der Waals surface area contributed by atoms with Gasteiger partial charge in [0, 0.05) is 10.4 Å². The lowest BCUT2D eigenvalue weighted by Crippen LogP contribution is -2.11. The molecule has 0 atom stereocenters. The first-order chi connectivity index (χ1) is 10.7. The first-order valence-electron chi connectivity index (χ1n) is 8.17. The predicted octanol–water partition coefficient (Wildman–Crippen LogP) is 5.15. The highest BCUT2D eigenvalue weighted by Crippen LogP contribution is 2.32. The maximum absolute atomic E-state index is 10.7. The number of hydrogen-bond acceptors (Lipinski definition) is 3. The number of aldehydes is 1. The molecule has 3 nitrogen and oxygen atoms in total. The second-order valence-electron chi connectivity index (χ2n) is 5.93. The minimum atomic E-state index is 0.274. The zero-order valence-corrected chi connectivity index (χ0v) is 14.8. The molecule has 0 bridgehead atoms. The topological polar surface area (TPSA) is 35.5 Å². The molecule has 0 saturated heterocycles. The number of hydrogen-bond donors (Lipinski definition) is 0. The molecule has 0 amide bonds. The van der Waals surface area contributed by atoms with Crippen LogP contribution in [0.5, 0.6) is 11.5 Å². The predicted molar refractivity (Wildman–Crippen MR) is 92.4 cm³/mol. The van der Waals surface area contributed by atoms with Crippen LogP contribution in [0.3, 0.4) is 0 Å². The number of halogens is 1. The van der Waals surface area contributed by atoms with Crippen LogP contribution in [-0.2, 0) is 0 Å². The summed E-state index contributed by atoms with van der Waals surface area (Å²) in [5.41, 5.74) is 0.619. The van der Waals surface area contributed by atoms with Gasteiger partial charge in [-0.3, -0.25) is 4.79 Å². The maximum atomic E-state index is 10.7. The normalized spacial score (nSPS) is 18.6. The van der Waals surface area contributed by atoms with Gasteiger partial charge in [-0.05, 0) is 56.7 Å². The van der Waals surface area contributed by atoms with E-state index in [-0.39, 0.29) is 6.10 Å². The van der Waals surface area contributed by atoms with Crippen molar-refractivity contribution in [2.75, 3.05) is 7.11 Å². The summed E-state index contributed by atoms with van der Waals surface area (Å²) in [6, 6.07) is 5.24. The largest absolute Gasteiger partial charge is 0.493 e. The third-order valence-electron chi connectivity index (χ3n) is 4.20. The molecule has 0 heterocycles. The van der Waals surface area contributed by atoms with Crippen molar-refractivity contribution in [1.82, 2.24) is 0 Å². The van der Waals surface area contributed by atoms with Crippen LogP contribution < -0.4 is 9.47 Å². The summed E-state index contributed by atoms with van der Waals surface area (Å²) in [5, 5.41) is 0. The minimum Gasteiger partial charge on any atom is -0.493 e. The van der Waals surface area contributed by atoms with Crippen LogP contribution in [0.15, 0.2) is 18.2 Å². The van der Waals surface area contributed by atoms with Gasteiger partial charge in [-0.15, -0.1) is 0 Å². The number of alkyl halides is 1. The summed E-state index contributed by atoms with van der Waals surface area (Å²) >= 11 is 3.54. The molecule has 0 radical (unpaired) electrons. The molecule has 2 aliphatic rings. The first kappa shape index (κ1) is 17.3. The van der Waals surface area contributed by atoms with E-state index in [1.807, 2.05) is 0 Å². The summed E-state index contributed by atoms with van der Waals surface area (Å²) in [6.45, 7) is 0. The molecule has 1 aromatic rings. The van der Waals surface area contributed by atoms with E-state index < -0.39 is 0 Å². The number of methoxy groups -OCH3 is 1. The molecule has 2 aliphatic carbocycles. The number of ether oxygens (including phenoxy) is 2. The fraction of sp³-hybridized carbons (Fsp3) is 0.611. The lowest BCUT2D eigenvalue weighted by Gasteiger charge is -2.15. The summed E-state index contributed by atoms with van der Waals surface area (Å²) in [7, 11) is 1.61. The second kappa shape index (κ2) is 9.19. The Bertz CT molecular complexity index is 463. The second-order valence-corrected chi connectivity index (χ2v) is 7.23. The standard InChI is InChI=1S/C13H16O3.C5H9Br/c1-15-12-7-6-10(9-14)8-13(12)16-11-4-2-3-5-11;6-5-3-1-2-4-5/h6-9,11H,2-5H2,1H3;5H,1-4H2. The molecule has 0 aromatic heterocycles. The van der Waals surface area contributed by atoms with E-state index in [1.165, 1.54) is 38.5 Å². The van der Waals surface area contributed by atoms with E-state index in [9.17, 15) is 4.79 Å². The molecule has 0 N–H and O–H groups in total. The van der Waals surface area contributed by atoms with Gasteiger partial charge in [-0.2, -0.15) is 0 Å². The molecule has 1 aromatic carbocycles. The molecule has 0 unspecified atom stereocenters. The van der Waals surface area contributed by atoms with Gasteiger partial charge in [0.2, 0.25) is 0 Å². The molecule has 122 valence electrons. The van der Waals surface area contributed by atoms with Crippen molar-refractivity contribution in [3.8, 4) is 11.5 Å². The van der Waals surface area contributed by atoms with Gasteiger partial charge in [-0.25, -0.2) is 0 Å². The van der Waals surface area contributed by atoms with Crippen molar-refractivity contribution in [3.05, 3.63) is 23.8 Å². The van der Waals surface area contributed by atoms with Crippen molar-refractivity contribution in [1.29, 1.82) is 0 Å². The Balaban J connectivity index is 0.000000246. The van der Waals surface area contributed by atoms with Gasteiger partial charge in [0.05, 0.1) is 13.2 Å². The molecule has 4 heteroatoms. The van der Waals surface area contributed by atoms with Crippen LogP contribution in [-0.4, -0.2) is 24.3 Å². The van der Waals surface area contributed by atoms with Gasteiger partial charge in [0.1, 0.15) is 6.29 Å². The van der Waals surface area contributed by atoms with E-state index in [0.29, 0.717) is 17.1 Å². The molecule has 0 spiro atoms. The smallest absolute Gasteiger partial charge is 0.162 e. The molecule has 2 saturated carbocycles. The first-order valence-corrected chi connectivity index (χ1v) is 9.08. The fourth-order valence-corrected chi connectivity index (χ4v) is 3.57. The zero-order valence-electron chi connectivity index (χ0n) is 13.2.